The van der Waals surface area contributed by atoms with Crippen molar-refractivity contribution in [1.82, 2.24) is 10.4 Å². The maximum absolute atomic E-state index is 13.1. The number of carbonyl (C=O) groups excluding carboxylic acids is 4. The molecule has 1 aliphatic heterocycles. The second-order valence-corrected chi connectivity index (χ2v) is 6.40. The van der Waals surface area contributed by atoms with E-state index < -0.39 is 35.8 Å². The number of hydrogen-bond donors (Lipinski definition) is 1. The molecule has 1 N–H and O–H groups in total. The molecule has 34 heavy (non-hydrogen) atoms. The first-order valence-electron chi connectivity index (χ1n) is 11.3. The van der Waals surface area contributed by atoms with Crippen LogP contribution in [0.15, 0.2) is 66.8 Å². The van der Waals surface area contributed by atoms with Crippen LogP contribution in [-0.2, 0) is 24.0 Å². The molecule has 1 aromatic rings. The van der Waals surface area contributed by atoms with Crippen molar-refractivity contribution in [3.8, 4) is 0 Å². The summed E-state index contributed by atoms with van der Waals surface area (Å²) in [6.07, 6.45) is 5.86. The zero-order valence-electron chi connectivity index (χ0n) is 20.9. The zero-order chi connectivity index (χ0) is 26.1. The summed E-state index contributed by atoms with van der Waals surface area (Å²) in [6, 6.07) is 7.68. The van der Waals surface area contributed by atoms with Crippen molar-refractivity contribution >= 4 is 23.9 Å². The second-order valence-electron chi connectivity index (χ2n) is 6.40. The van der Waals surface area contributed by atoms with Crippen molar-refractivity contribution in [2.75, 3.05) is 7.11 Å². The third-order valence-electron chi connectivity index (χ3n) is 4.42. The van der Waals surface area contributed by atoms with Gasteiger partial charge in [-0.2, -0.15) is 0 Å². The van der Waals surface area contributed by atoms with E-state index in [0.29, 0.717) is 16.2 Å². The zero-order valence-corrected chi connectivity index (χ0v) is 20.9. The fourth-order valence-corrected chi connectivity index (χ4v) is 3.10. The number of ether oxygens (including phenoxy) is 1. The Bertz CT molecular complexity index is 861. The number of amides is 3. The molecule has 2 unspecified atom stereocenters. The van der Waals surface area contributed by atoms with E-state index in [4.69, 9.17) is 4.84 Å². The number of nitrogens with zero attached hydrogens (tertiary/aromatic N) is 1. The normalized spacial score (nSPS) is 14.8. The Morgan fingerprint density at radius 2 is 1.62 bits per heavy atom. The number of imide groups is 1. The van der Waals surface area contributed by atoms with Gasteiger partial charge in [-0.1, -0.05) is 88.9 Å². The summed E-state index contributed by atoms with van der Waals surface area (Å²) in [4.78, 5) is 53.9. The summed E-state index contributed by atoms with van der Waals surface area (Å²) in [7, 11) is 1.16. The number of carbonyl (C=O) groups is 4. The Kier molecular flexibility index (Phi) is 15.1. The highest BCUT2D eigenvalue weighted by molar-refractivity contribution is 6.02. The molecule has 8 nitrogen and oxygen atoms in total. The van der Waals surface area contributed by atoms with Gasteiger partial charge >= 0.3 is 12.1 Å². The molecule has 2 atom stereocenters. The minimum Gasteiger partial charge on any atom is -0.453 e. The average molecular weight is 473 g/mol. The number of alkyl carbamates (subject to hydrolysis) is 1. The summed E-state index contributed by atoms with van der Waals surface area (Å²) in [5.41, 5.74) is 1.34. The van der Waals surface area contributed by atoms with Crippen molar-refractivity contribution < 1.29 is 28.8 Å². The summed E-state index contributed by atoms with van der Waals surface area (Å²) in [6.45, 7) is 13.5. The molecule has 1 fully saturated rings. The van der Waals surface area contributed by atoms with Gasteiger partial charge in [-0.25, -0.2) is 9.59 Å². The molecule has 0 aliphatic carbocycles. The van der Waals surface area contributed by atoms with Gasteiger partial charge in [0.1, 0.15) is 6.04 Å². The number of benzene rings is 1. The van der Waals surface area contributed by atoms with E-state index in [1.807, 2.05) is 40.7 Å². The van der Waals surface area contributed by atoms with E-state index in [-0.39, 0.29) is 12.8 Å². The van der Waals surface area contributed by atoms with Crippen LogP contribution in [0, 0.1) is 0 Å². The van der Waals surface area contributed by atoms with Gasteiger partial charge in [0.15, 0.2) is 0 Å². The molecule has 3 amide bonds. The Morgan fingerprint density at radius 3 is 2.09 bits per heavy atom. The van der Waals surface area contributed by atoms with Gasteiger partial charge in [0, 0.05) is 18.8 Å². The summed E-state index contributed by atoms with van der Waals surface area (Å²) >= 11 is 0. The van der Waals surface area contributed by atoms with Gasteiger partial charge in [-0.05, 0) is 18.1 Å². The van der Waals surface area contributed by atoms with Gasteiger partial charge in [0.05, 0.1) is 7.11 Å². The number of nitrogens with one attached hydrogen (secondary N) is 1. The number of hydroxylamine groups is 2. The van der Waals surface area contributed by atoms with Crippen molar-refractivity contribution in [2.24, 2.45) is 0 Å². The highest BCUT2D eigenvalue weighted by Gasteiger charge is 2.39. The Balaban J connectivity index is 0.00000258. The lowest BCUT2D eigenvalue weighted by atomic mass is 9.84. The highest BCUT2D eigenvalue weighted by atomic mass is 16.7. The van der Waals surface area contributed by atoms with Crippen LogP contribution in [0.5, 0.6) is 0 Å². The lowest BCUT2D eigenvalue weighted by molar-refractivity contribution is -0.199. The monoisotopic (exact) mass is 472 g/mol. The molecule has 0 aromatic heterocycles. The molecular weight excluding hydrogens is 436 g/mol. The number of allylic oxidation sites excluding steroid dienone is 4. The van der Waals surface area contributed by atoms with E-state index >= 15 is 0 Å². The predicted molar refractivity (Wildman–Crippen MR) is 131 cm³/mol. The third-order valence-corrected chi connectivity index (χ3v) is 4.42. The average Bonchev–Trinajstić information content (AvgIpc) is 3.18. The van der Waals surface area contributed by atoms with Crippen LogP contribution < -0.4 is 5.32 Å². The first-order valence-corrected chi connectivity index (χ1v) is 11.3. The summed E-state index contributed by atoms with van der Waals surface area (Å²) in [5, 5.41) is 2.92. The Labute approximate surface area is 202 Å². The van der Waals surface area contributed by atoms with Crippen molar-refractivity contribution in [2.45, 2.75) is 59.4 Å². The quantitative estimate of drug-likeness (QED) is 0.429. The minimum atomic E-state index is -1.29. The molecule has 1 heterocycles. The van der Waals surface area contributed by atoms with E-state index in [0.717, 1.165) is 7.11 Å². The third kappa shape index (κ3) is 8.69. The number of hydrogen-bond acceptors (Lipinski definition) is 6. The van der Waals surface area contributed by atoms with Crippen LogP contribution >= 0.6 is 0 Å². The first kappa shape index (κ1) is 30.3. The Morgan fingerprint density at radius 1 is 1.06 bits per heavy atom. The van der Waals surface area contributed by atoms with Gasteiger partial charge < -0.3 is 14.9 Å². The molecule has 0 saturated carbocycles. The molecule has 8 heteroatoms. The lowest BCUT2D eigenvalue weighted by Crippen LogP contribution is -2.49. The molecule has 1 saturated heterocycles. The van der Waals surface area contributed by atoms with Crippen LogP contribution in [0.2, 0.25) is 0 Å². The first-order chi connectivity index (χ1) is 16.4. The molecule has 0 radical (unpaired) electrons. The van der Waals surface area contributed by atoms with Crippen LogP contribution in [0.25, 0.3) is 0 Å². The molecule has 0 spiro atoms. The molecule has 0 bridgehead atoms. The van der Waals surface area contributed by atoms with Crippen molar-refractivity contribution in [3.63, 3.8) is 0 Å². The minimum absolute atomic E-state index is 0.0382. The van der Waals surface area contributed by atoms with E-state index in [9.17, 15) is 19.2 Å². The van der Waals surface area contributed by atoms with Crippen LogP contribution in [0.1, 0.15) is 58.9 Å². The molecule has 2 rings (SSSR count). The highest BCUT2D eigenvalue weighted by Crippen LogP contribution is 2.31. The van der Waals surface area contributed by atoms with Crippen LogP contribution in [-0.4, -0.2) is 42.1 Å². The van der Waals surface area contributed by atoms with Gasteiger partial charge in [0.25, 0.3) is 11.8 Å². The topological polar surface area (TPSA) is 102 Å². The van der Waals surface area contributed by atoms with Gasteiger partial charge in [-0.3, -0.25) is 9.59 Å². The smallest absolute Gasteiger partial charge is 0.407 e. The molecule has 1 aliphatic rings. The van der Waals surface area contributed by atoms with Gasteiger partial charge in [-0.15, -0.1) is 5.06 Å². The maximum atomic E-state index is 13.1. The van der Waals surface area contributed by atoms with E-state index in [1.165, 1.54) is 0 Å². The maximum Gasteiger partial charge on any atom is 0.407 e. The number of rotatable bonds is 8. The fraction of sp³-hybridized carbons (Fsp3) is 0.385. The van der Waals surface area contributed by atoms with E-state index in [1.54, 1.807) is 48.6 Å². The van der Waals surface area contributed by atoms with Crippen molar-refractivity contribution in [1.29, 1.82) is 0 Å². The fourth-order valence-electron chi connectivity index (χ4n) is 3.10. The SMILES string of the molecule is C=C/C=C(\C=C/C)C(c1ccccc1)C(NC(=O)OC)C(=O)ON1C(=O)CCC1=O.CC.CC. The van der Waals surface area contributed by atoms with E-state index in [2.05, 4.69) is 16.6 Å². The second kappa shape index (κ2) is 16.9. The van der Waals surface area contributed by atoms with Crippen LogP contribution in [0.4, 0.5) is 4.79 Å². The molecule has 186 valence electrons. The van der Waals surface area contributed by atoms with Crippen molar-refractivity contribution in [3.05, 3.63) is 72.4 Å². The van der Waals surface area contributed by atoms with Gasteiger partial charge in [0.2, 0.25) is 0 Å². The summed E-state index contributed by atoms with van der Waals surface area (Å²) < 4.78 is 4.67. The molecular formula is C26H36N2O6. The number of methoxy groups -OCH3 is 1. The standard InChI is InChI=1S/C22H24N2O6.2C2H6/c1-4-9-15(10-5-2)19(16-11-7-6-8-12-16)20(23-22(28)29-3)21(27)30-24-17(25)13-14-18(24)26;2*1-2/h4-12,19-20H,1,13-14H2,2-3H3,(H,23,28);2*1-2H3/b10-5-,15-9+;;. The largest absolute Gasteiger partial charge is 0.453 e. The summed E-state index contributed by atoms with van der Waals surface area (Å²) in [5.74, 6) is -2.91. The Hall–Kier alpha value is -3.68. The van der Waals surface area contributed by atoms with Crippen LogP contribution in [0.3, 0.4) is 0 Å². The predicted octanol–water partition coefficient (Wildman–Crippen LogP) is 4.84. The molecule has 1 aromatic carbocycles. The lowest BCUT2D eigenvalue weighted by Gasteiger charge is -2.28.